The Labute approximate surface area is 223 Å². The second-order valence-electron chi connectivity index (χ2n) is 10.4. The standard InChI is InChI=1S/C30H34N2O6/c1-5-35-28(33)17-22-15-24(36-26-12-13-32(19-26)29(34)38-30(2,3)4)9-7-21(22)8-10-25-16-23-14-20(18-31)6-11-27(23)37-25/h6-7,9,11,14-16,26H,5,8,10,12-13,17,19H2,1-4H3/t26-/m0/s1. The molecule has 1 amide bonds. The molecule has 2 heterocycles. The number of rotatable bonds is 8. The van der Waals surface area contributed by atoms with Gasteiger partial charge in [-0.15, -0.1) is 0 Å². The average Bonchev–Trinajstić information content (AvgIpc) is 3.49. The third kappa shape index (κ3) is 7.06. The van der Waals surface area contributed by atoms with Crippen LogP contribution in [0.25, 0.3) is 11.0 Å². The molecule has 38 heavy (non-hydrogen) atoms. The van der Waals surface area contributed by atoms with E-state index < -0.39 is 5.60 Å². The quantitative estimate of drug-likeness (QED) is 0.359. The van der Waals surface area contributed by atoms with Gasteiger partial charge in [-0.2, -0.15) is 5.26 Å². The van der Waals surface area contributed by atoms with Crippen molar-refractivity contribution in [2.45, 2.75) is 65.1 Å². The van der Waals surface area contributed by atoms with E-state index in [9.17, 15) is 9.59 Å². The Morgan fingerprint density at radius 3 is 2.66 bits per heavy atom. The topological polar surface area (TPSA) is 102 Å². The zero-order valence-electron chi connectivity index (χ0n) is 22.4. The van der Waals surface area contributed by atoms with Crippen LogP contribution in [-0.2, 0) is 33.5 Å². The van der Waals surface area contributed by atoms with E-state index in [1.54, 1.807) is 17.9 Å². The molecule has 4 rings (SSSR count). The third-order valence-electron chi connectivity index (χ3n) is 6.25. The first-order valence-corrected chi connectivity index (χ1v) is 13.0. The number of aryl methyl sites for hydroxylation is 2. The monoisotopic (exact) mass is 518 g/mol. The third-order valence-corrected chi connectivity index (χ3v) is 6.25. The van der Waals surface area contributed by atoms with E-state index in [0.717, 1.165) is 27.9 Å². The van der Waals surface area contributed by atoms with E-state index >= 15 is 0 Å². The molecule has 2 aromatic carbocycles. The van der Waals surface area contributed by atoms with Crippen LogP contribution < -0.4 is 4.74 Å². The Morgan fingerprint density at radius 1 is 1.11 bits per heavy atom. The predicted molar refractivity (Wildman–Crippen MR) is 142 cm³/mol. The van der Waals surface area contributed by atoms with Gasteiger partial charge in [0.05, 0.1) is 31.2 Å². The molecule has 200 valence electrons. The second kappa shape index (κ2) is 11.6. The molecule has 1 atom stereocenters. The van der Waals surface area contributed by atoms with Gasteiger partial charge in [-0.25, -0.2) is 4.79 Å². The zero-order chi connectivity index (χ0) is 27.3. The highest BCUT2D eigenvalue weighted by atomic mass is 16.6. The van der Waals surface area contributed by atoms with Crippen molar-refractivity contribution in [2.24, 2.45) is 0 Å². The summed E-state index contributed by atoms with van der Waals surface area (Å²) < 4.78 is 22.8. The summed E-state index contributed by atoms with van der Waals surface area (Å²) in [4.78, 5) is 26.4. The van der Waals surface area contributed by atoms with Crippen LogP contribution in [0, 0.1) is 11.3 Å². The molecule has 0 saturated carbocycles. The molecule has 8 heteroatoms. The summed E-state index contributed by atoms with van der Waals surface area (Å²) in [5.41, 5.74) is 2.63. The number of nitrogens with zero attached hydrogens (tertiary/aromatic N) is 2. The minimum Gasteiger partial charge on any atom is -0.489 e. The van der Waals surface area contributed by atoms with Crippen molar-refractivity contribution in [3.63, 3.8) is 0 Å². The number of esters is 1. The van der Waals surface area contributed by atoms with Gasteiger partial charge in [-0.05, 0) is 81.6 Å². The minimum absolute atomic E-state index is 0.140. The smallest absolute Gasteiger partial charge is 0.410 e. The van der Waals surface area contributed by atoms with Crippen LogP contribution in [0.4, 0.5) is 4.79 Å². The molecule has 1 aliphatic heterocycles. The van der Waals surface area contributed by atoms with Crippen LogP contribution >= 0.6 is 0 Å². The van der Waals surface area contributed by atoms with Crippen molar-refractivity contribution in [1.29, 1.82) is 5.26 Å². The fraction of sp³-hybridized carbons (Fsp3) is 0.433. The second-order valence-corrected chi connectivity index (χ2v) is 10.4. The number of nitriles is 1. The van der Waals surface area contributed by atoms with Gasteiger partial charge in [0.1, 0.15) is 28.8 Å². The summed E-state index contributed by atoms with van der Waals surface area (Å²) in [7, 11) is 0. The highest BCUT2D eigenvalue weighted by Crippen LogP contribution is 2.26. The molecule has 1 aliphatic rings. The van der Waals surface area contributed by atoms with Crippen LogP contribution in [0.5, 0.6) is 5.75 Å². The fourth-order valence-corrected chi connectivity index (χ4v) is 4.51. The minimum atomic E-state index is -0.546. The number of furan rings is 1. The normalized spacial score (nSPS) is 15.3. The summed E-state index contributed by atoms with van der Waals surface area (Å²) in [6.45, 7) is 8.66. The van der Waals surface area contributed by atoms with E-state index in [1.165, 1.54) is 0 Å². The van der Waals surface area contributed by atoms with Gasteiger partial charge in [0.2, 0.25) is 0 Å². The largest absolute Gasteiger partial charge is 0.489 e. The van der Waals surface area contributed by atoms with Gasteiger partial charge >= 0.3 is 12.1 Å². The molecular formula is C30H34N2O6. The molecule has 0 bridgehead atoms. The van der Waals surface area contributed by atoms with Crippen molar-refractivity contribution in [3.8, 4) is 11.8 Å². The van der Waals surface area contributed by atoms with E-state index in [0.29, 0.717) is 50.3 Å². The molecule has 1 aromatic heterocycles. The highest BCUT2D eigenvalue weighted by Gasteiger charge is 2.31. The van der Waals surface area contributed by atoms with Gasteiger partial charge in [0.15, 0.2) is 0 Å². The number of benzene rings is 2. The lowest BCUT2D eigenvalue weighted by Gasteiger charge is -2.24. The molecule has 0 radical (unpaired) electrons. The number of carbonyl (C=O) groups is 2. The van der Waals surface area contributed by atoms with E-state index in [2.05, 4.69) is 6.07 Å². The highest BCUT2D eigenvalue weighted by molar-refractivity contribution is 5.79. The number of hydrogen-bond donors (Lipinski definition) is 0. The van der Waals surface area contributed by atoms with Crippen LogP contribution in [0.1, 0.15) is 56.6 Å². The maximum Gasteiger partial charge on any atom is 0.410 e. The summed E-state index contributed by atoms with van der Waals surface area (Å²) in [5.74, 6) is 1.16. The van der Waals surface area contributed by atoms with Gasteiger partial charge in [0, 0.05) is 24.8 Å². The molecule has 0 spiro atoms. The molecular weight excluding hydrogens is 484 g/mol. The van der Waals surface area contributed by atoms with E-state index in [1.807, 2.05) is 57.2 Å². The number of carbonyl (C=O) groups excluding carboxylic acids is 2. The Morgan fingerprint density at radius 2 is 1.92 bits per heavy atom. The number of amides is 1. The molecule has 8 nitrogen and oxygen atoms in total. The number of fused-ring (bicyclic) bond motifs is 1. The maximum atomic E-state index is 12.4. The first-order chi connectivity index (χ1) is 18.1. The number of likely N-dealkylation sites (tertiary alicyclic amines) is 1. The van der Waals surface area contributed by atoms with Gasteiger partial charge in [0.25, 0.3) is 0 Å². The van der Waals surface area contributed by atoms with E-state index in [-0.39, 0.29) is 24.6 Å². The Bertz CT molecular complexity index is 1350. The maximum absolute atomic E-state index is 12.4. The zero-order valence-corrected chi connectivity index (χ0v) is 22.4. The van der Waals surface area contributed by atoms with Crippen LogP contribution in [0.15, 0.2) is 46.9 Å². The number of hydrogen-bond acceptors (Lipinski definition) is 7. The van der Waals surface area contributed by atoms with Crippen molar-refractivity contribution in [3.05, 3.63) is 64.9 Å². The summed E-state index contributed by atoms with van der Waals surface area (Å²) in [5, 5.41) is 10.0. The van der Waals surface area contributed by atoms with Crippen molar-refractivity contribution in [1.82, 2.24) is 4.90 Å². The van der Waals surface area contributed by atoms with E-state index in [4.69, 9.17) is 23.9 Å². The fourth-order valence-electron chi connectivity index (χ4n) is 4.51. The summed E-state index contributed by atoms with van der Waals surface area (Å²) in [6, 6.07) is 15.2. The van der Waals surface area contributed by atoms with Crippen molar-refractivity contribution < 1.29 is 28.2 Å². The van der Waals surface area contributed by atoms with Crippen LogP contribution in [0.3, 0.4) is 0 Å². The molecule has 0 aliphatic carbocycles. The summed E-state index contributed by atoms with van der Waals surface area (Å²) in [6.07, 6.45) is 1.65. The van der Waals surface area contributed by atoms with Crippen LogP contribution in [0.2, 0.25) is 0 Å². The molecule has 0 unspecified atom stereocenters. The predicted octanol–water partition coefficient (Wildman–Crippen LogP) is 5.58. The van der Waals surface area contributed by atoms with Gasteiger partial charge in [-0.1, -0.05) is 6.07 Å². The Balaban J connectivity index is 1.45. The lowest BCUT2D eigenvalue weighted by Crippen LogP contribution is -2.36. The molecule has 0 N–H and O–H groups in total. The first kappa shape index (κ1) is 27.1. The van der Waals surface area contributed by atoms with Gasteiger partial charge in [-0.3, -0.25) is 4.79 Å². The molecule has 3 aromatic rings. The molecule has 1 fully saturated rings. The lowest BCUT2D eigenvalue weighted by molar-refractivity contribution is -0.142. The number of ether oxygens (including phenoxy) is 3. The van der Waals surface area contributed by atoms with Crippen LogP contribution in [-0.4, -0.2) is 48.4 Å². The SMILES string of the molecule is CCOC(=O)Cc1cc(O[C@H]2CCN(C(=O)OC(C)(C)C)C2)ccc1CCc1cc2cc(C#N)ccc2o1. The summed E-state index contributed by atoms with van der Waals surface area (Å²) >= 11 is 0. The Hall–Kier alpha value is -3.99. The lowest BCUT2D eigenvalue weighted by atomic mass is 9.99. The Kier molecular flexibility index (Phi) is 8.26. The first-order valence-electron chi connectivity index (χ1n) is 13.0. The average molecular weight is 519 g/mol. The van der Waals surface area contributed by atoms with Gasteiger partial charge < -0.3 is 23.5 Å². The van der Waals surface area contributed by atoms with Crippen molar-refractivity contribution >= 4 is 23.0 Å². The molecule has 1 saturated heterocycles. The van der Waals surface area contributed by atoms with Crippen molar-refractivity contribution in [2.75, 3.05) is 19.7 Å².